The quantitative estimate of drug-likeness (QED) is 0.919. The maximum atomic E-state index is 11.9. The van der Waals surface area contributed by atoms with Gasteiger partial charge in [0.2, 0.25) is 0 Å². The van der Waals surface area contributed by atoms with Gasteiger partial charge in [0.15, 0.2) is 0 Å². The van der Waals surface area contributed by atoms with Crippen LogP contribution in [-0.4, -0.2) is 39.8 Å². The summed E-state index contributed by atoms with van der Waals surface area (Å²) in [5, 5.41) is 7.64. The number of amides is 1. The predicted molar refractivity (Wildman–Crippen MR) is 75.9 cm³/mol. The Morgan fingerprint density at radius 2 is 2.20 bits per heavy atom. The molecule has 1 N–H and O–H groups in total. The van der Waals surface area contributed by atoms with Gasteiger partial charge >= 0.3 is 0 Å². The van der Waals surface area contributed by atoms with Crippen molar-refractivity contribution >= 4 is 23.3 Å². The number of aryl methyl sites for hydroxylation is 1. The van der Waals surface area contributed by atoms with Crippen LogP contribution in [0.2, 0.25) is 5.02 Å². The maximum Gasteiger partial charge on any atom is 0.272 e. The van der Waals surface area contributed by atoms with Gasteiger partial charge in [-0.3, -0.25) is 9.48 Å². The number of hydrogen-bond donors (Lipinski definition) is 1. The number of carbonyl (C=O) groups is 1. The molecule has 2 aromatic rings. The molecule has 6 nitrogen and oxygen atoms in total. The Hall–Kier alpha value is -2.08. The third-order valence-corrected chi connectivity index (χ3v) is 3.42. The fraction of sp³-hybridized carbons (Fsp3) is 0.308. The van der Waals surface area contributed by atoms with Gasteiger partial charge in [0.1, 0.15) is 11.5 Å². The third-order valence-electron chi connectivity index (χ3n) is 3.20. The molecule has 0 radical (unpaired) electrons. The second-order valence-corrected chi connectivity index (χ2v) is 5.22. The van der Waals surface area contributed by atoms with E-state index in [1.807, 2.05) is 12.1 Å². The molecule has 3 rings (SSSR count). The SMILES string of the molecule is Cn1ccc(C(=O)NC2CN(c3ccc(Cl)cn3)C2)n1. The highest BCUT2D eigenvalue weighted by molar-refractivity contribution is 6.30. The Bertz CT molecular complexity index is 618. The lowest BCUT2D eigenvalue weighted by Crippen LogP contribution is -2.59. The molecule has 0 unspecified atom stereocenters. The van der Waals surface area contributed by atoms with Crippen molar-refractivity contribution in [2.45, 2.75) is 6.04 Å². The van der Waals surface area contributed by atoms with Crippen molar-refractivity contribution in [3.05, 3.63) is 41.3 Å². The van der Waals surface area contributed by atoms with Gasteiger partial charge < -0.3 is 10.2 Å². The average Bonchev–Trinajstić information content (AvgIpc) is 2.81. The number of rotatable bonds is 3. The number of pyridine rings is 1. The fourth-order valence-electron chi connectivity index (χ4n) is 2.11. The second kappa shape index (κ2) is 5.13. The molecule has 0 bridgehead atoms. The lowest BCUT2D eigenvalue weighted by molar-refractivity contribution is 0.0924. The largest absolute Gasteiger partial charge is 0.352 e. The molecular weight excluding hydrogens is 278 g/mol. The van der Waals surface area contributed by atoms with E-state index in [9.17, 15) is 4.79 Å². The molecule has 1 fully saturated rings. The van der Waals surface area contributed by atoms with Crippen LogP contribution < -0.4 is 10.2 Å². The van der Waals surface area contributed by atoms with Crippen molar-refractivity contribution in [3.8, 4) is 0 Å². The zero-order chi connectivity index (χ0) is 14.1. The minimum absolute atomic E-state index is 0.127. The fourth-order valence-corrected chi connectivity index (χ4v) is 2.22. The Balaban J connectivity index is 1.53. The molecule has 1 saturated heterocycles. The first-order valence-corrected chi connectivity index (χ1v) is 6.66. The Morgan fingerprint density at radius 1 is 1.40 bits per heavy atom. The van der Waals surface area contributed by atoms with Crippen molar-refractivity contribution in [2.75, 3.05) is 18.0 Å². The standard InChI is InChI=1S/C13H14ClN5O/c1-18-5-4-11(17-18)13(20)16-10-7-19(8-10)12-3-2-9(14)6-15-12/h2-6,10H,7-8H2,1H3,(H,16,20). The summed E-state index contributed by atoms with van der Waals surface area (Å²) in [6.45, 7) is 1.49. The van der Waals surface area contributed by atoms with E-state index in [0.717, 1.165) is 18.9 Å². The zero-order valence-corrected chi connectivity index (χ0v) is 11.7. The first-order valence-electron chi connectivity index (χ1n) is 6.29. The van der Waals surface area contributed by atoms with Crippen LogP contribution in [0.15, 0.2) is 30.6 Å². The van der Waals surface area contributed by atoms with E-state index >= 15 is 0 Å². The Kier molecular flexibility index (Phi) is 3.31. The Morgan fingerprint density at radius 3 is 2.80 bits per heavy atom. The molecule has 3 heterocycles. The summed E-state index contributed by atoms with van der Waals surface area (Å²) in [6.07, 6.45) is 3.37. The lowest BCUT2D eigenvalue weighted by atomic mass is 10.1. The number of hydrogen-bond acceptors (Lipinski definition) is 4. The molecule has 1 amide bonds. The third kappa shape index (κ3) is 2.60. The highest BCUT2D eigenvalue weighted by Gasteiger charge is 2.29. The Labute approximate surface area is 121 Å². The van der Waals surface area contributed by atoms with Crippen molar-refractivity contribution in [2.24, 2.45) is 7.05 Å². The van der Waals surface area contributed by atoms with E-state index in [-0.39, 0.29) is 11.9 Å². The van der Waals surface area contributed by atoms with E-state index < -0.39 is 0 Å². The average molecular weight is 292 g/mol. The van der Waals surface area contributed by atoms with E-state index in [4.69, 9.17) is 11.6 Å². The molecule has 2 aromatic heterocycles. The van der Waals surface area contributed by atoms with Crippen LogP contribution in [0.25, 0.3) is 0 Å². The molecule has 1 aliphatic heterocycles. The van der Waals surface area contributed by atoms with Crippen molar-refractivity contribution in [3.63, 3.8) is 0 Å². The summed E-state index contributed by atoms with van der Waals surface area (Å²) in [5.41, 5.74) is 0.440. The van der Waals surface area contributed by atoms with Gasteiger partial charge in [-0.1, -0.05) is 11.6 Å². The van der Waals surface area contributed by atoms with Gasteiger partial charge in [0.05, 0.1) is 11.1 Å². The first kappa shape index (κ1) is 12.9. The van der Waals surface area contributed by atoms with E-state index in [1.165, 1.54) is 0 Å². The molecule has 7 heteroatoms. The van der Waals surface area contributed by atoms with Gasteiger partial charge in [-0.05, 0) is 18.2 Å². The summed E-state index contributed by atoms with van der Waals surface area (Å²) >= 11 is 5.80. The van der Waals surface area contributed by atoms with E-state index in [0.29, 0.717) is 10.7 Å². The molecule has 0 spiro atoms. The van der Waals surface area contributed by atoms with Crippen LogP contribution in [-0.2, 0) is 7.05 Å². The number of nitrogens with one attached hydrogen (secondary N) is 1. The normalized spacial score (nSPS) is 15.0. The monoisotopic (exact) mass is 291 g/mol. The van der Waals surface area contributed by atoms with Gasteiger partial charge in [0.25, 0.3) is 5.91 Å². The minimum atomic E-state index is -0.140. The first-order chi connectivity index (χ1) is 9.61. The topological polar surface area (TPSA) is 63.1 Å². The summed E-state index contributed by atoms with van der Waals surface area (Å²) in [4.78, 5) is 18.2. The zero-order valence-electron chi connectivity index (χ0n) is 11.0. The van der Waals surface area contributed by atoms with Crippen LogP contribution in [0.5, 0.6) is 0 Å². The molecule has 0 atom stereocenters. The number of anilines is 1. The lowest BCUT2D eigenvalue weighted by Gasteiger charge is -2.40. The van der Waals surface area contributed by atoms with Crippen LogP contribution in [0, 0.1) is 0 Å². The van der Waals surface area contributed by atoms with Gasteiger partial charge in [-0.2, -0.15) is 5.10 Å². The summed E-state index contributed by atoms with van der Waals surface area (Å²) in [6, 6.07) is 5.51. The highest BCUT2D eigenvalue weighted by atomic mass is 35.5. The molecule has 20 heavy (non-hydrogen) atoms. The van der Waals surface area contributed by atoms with Gasteiger partial charge in [0, 0.05) is 32.5 Å². The van der Waals surface area contributed by atoms with Crippen molar-refractivity contribution in [1.82, 2.24) is 20.1 Å². The smallest absolute Gasteiger partial charge is 0.272 e. The summed E-state index contributed by atoms with van der Waals surface area (Å²) in [7, 11) is 1.79. The summed E-state index contributed by atoms with van der Waals surface area (Å²) in [5.74, 6) is 0.733. The number of nitrogens with zero attached hydrogens (tertiary/aromatic N) is 4. The predicted octanol–water partition coefficient (Wildman–Crippen LogP) is 1.09. The van der Waals surface area contributed by atoms with Crippen LogP contribution in [0.3, 0.4) is 0 Å². The van der Waals surface area contributed by atoms with E-state index in [2.05, 4.69) is 20.3 Å². The van der Waals surface area contributed by atoms with Crippen LogP contribution in [0.1, 0.15) is 10.5 Å². The van der Waals surface area contributed by atoms with Gasteiger partial charge in [-0.25, -0.2) is 4.98 Å². The molecular formula is C13H14ClN5O. The maximum absolute atomic E-state index is 11.9. The van der Waals surface area contributed by atoms with Gasteiger partial charge in [-0.15, -0.1) is 0 Å². The number of aromatic nitrogens is 3. The number of carbonyl (C=O) groups excluding carboxylic acids is 1. The van der Waals surface area contributed by atoms with E-state index in [1.54, 1.807) is 30.2 Å². The molecule has 104 valence electrons. The minimum Gasteiger partial charge on any atom is -0.352 e. The highest BCUT2D eigenvalue weighted by Crippen LogP contribution is 2.19. The number of halogens is 1. The van der Waals surface area contributed by atoms with Crippen LogP contribution >= 0.6 is 11.6 Å². The molecule has 0 aromatic carbocycles. The molecule has 0 saturated carbocycles. The molecule has 1 aliphatic rings. The summed E-state index contributed by atoms with van der Waals surface area (Å²) < 4.78 is 1.61. The van der Waals surface area contributed by atoms with Crippen molar-refractivity contribution in [1.29, 1.82) is 0 Å². The molecule has 0 aliphatic carbocycles. The second-order valence-electron chi connectivity index (χ2n) is 4.78. The van der Waals surface area contributed by atoms with Crippen molar-refractivity contribution < 1.29 is 4.79 Å². The van der Waals surface area contributed by atoms with Crippen LogP contribution in [0.4, 0.5) is 5.82 Å².